The molecule has 1 aliphatic heterocycles. The average molecular weight is 249 g/mol. The van der Waals surface area contributed by atoms with Crippen LogP contribution in [0.15, 0.2) is 24.3 Å². The van der Waals surface area contributed by atoms with Crippen LogP contribution in [0.3, 0.4) is 0 Å². The molecule has 0 saturated heterocycles. The predicted octanol–water partition coefficient (Wildman–Crippen LogP) is 2.73. The van der Waals surface area contributed by atoms with Gasteiger partial charge in [-0.05, 0) is 17.7 Å². The van der Waals surface area contributed by atoms with Crippen LogP contribution in [0.2, 0.25) is 5.02 Å². The van der Waals surface area contributed by atoms with E-state index in [-0.39, 0.29) is 0 Å². The highest BCUT2D eigenvalue weighted by molar-refractivity contribution is 6.30. The van der Waals surface area contributed by atoms with E-state index in [1.54, 1.807) is 0 Å². The molecule has 1 aromatic carbocycles. The Kier molecular flexibility index (Phi) is 2.87. The molecule has 0 atom stereocenters. The second kappa shape index (κ2) is 4.51. The Morgan fingerprint density at radius 3 is 2.94 bits per heavy atom. The normalized spacial score (nSPS) is 14.6. The summed E-state index contributed by atoms with van der Waals surface area (Å²) in [5, 5.41) is 8.24. The average Bonchev–Trinajstić information content (AvgIpc) is 2.76. The Bertz CT molecular complexity index is 519. The lowest BCUT2D eigenvalue weighted by Gasteiger charge is -2.12. The summed E-state index contributed by atoms with van der Waals surface area (Å²) in [5.74, 6) is 0. The molecule has 17 heavy (non-hydrogen) atoms. The number of fused-ring (bicyclic) bond motifs is 1. The number of aromatic amines is 1. The largest absolute Gasteiger partial charge is 0.376 e. The van der Waals surface area contributed by atoms with Crippen molar-refractivity contribution in [3.05, 3.63) is 51.8 Å². The Balaban J connectivity index is 1.85. The van der Waals surface area contributed by atoms with E-state index in [1.165, 1.54) is 16.8 Å². The fourth-order valence-electron chi connectivity index (χ4n) is 2.11. The Hall–Kier alpha value is -1.32. The van der Waals surface area contributed by atoms with Crippen molar-refractivity contribution in [3.63, 3.8) is 0 Å². The maximum atomic E-state index is 5.87. The third-order valence-electron chi connectivity index (χ3n) is 3.07. The van der Waals surface area contributed by atoms with Crippen LogP contribution >= 0.6 is 11.6 Å². The first-order valence-electron chi connectivity index (χ1n) is 5.70. The van der Waals surface area contributed by atoms with Crippen LogP contribution in [-0.2, 0) is 24.2 Å². The molecule has 0 unspecified atom stereocenters. The number of halogens is 1. The van der Waals surface area contributed by atoms with Gasteiger partial charge >= 0.3 is 0 Å². The van der Waals surface area contributed by atoms with Crippen molar-refractivity contribution in [1.29, 1.82) is 0 Å². The summed E-state index contributed by atoms with van der Waals surface area (Å²) in [6.07, 6.45) is 1.76. The van der Waals surface area contributed by atoms with Gasteiger partial charge in [-0.15, -0.1) is 0 Å². The van der Waals surface area contributed by atoms with E-state index in [9.17, 15) is 0 Å². The zero-order chi connectivity index (χ0) is 11.7. The highest BCUT2D eigenvalue weighted by Gasteiger charge is 2.17. The van der Waals surface area contributed by atoms with E-state index in [2.05, 4.69) is 10.2 Å². The second-order valence-electron chi connectivity index (χ2n) is 4.23. The van der Waals surface area contributed by atoms with Crippen LogP contribution in [0, 0.1) is 0 Å². The molecule has 2 aromatic rings. The van der Waals surface area contributed by atoms with Crippen molar-refractivity contribution in [3.8, 4) is 0 Å². The fraction of sp³-hybridized carbons (Fsp3) is 0.308. The second-order valence-corrected chi connectivity index (χ2v) is 4.67. The van der Waals surface area contributed by atoms with E-state index >= 15 is 0 Å². The summed E-state index contributed by atoms with van der Waals surface area (Å²) in [7, 11) is 0. The van der Waals surface area contributed by atoms with Crippen molar-refractivity contribution >= 4 is 11.6 Å². The lowest BCUT2D eigenvalue weighted by Crippen LogP contribution is -2.09. The Labute approximate surface area is 105 Å². The first kappa shape index (κ1) is 10.8. The third-order valence-corrected chi connectivity index (χ3v) is 3.32. The monoisotopic (exact) mass is 248 g/mol. The van der Waals surface area contributed by atoms with Gasteiger partial charge in [-0.3, -0.25) is 5.10 Å². The minimum absolute atomic E-state index is 0.675. The summed E-state index contributed by atoms with van der Waals surface area (Å²) in [4.78, 5) is 0. The molecule has 1 aromatic heterocycles. The molecule has 0 spiro atoms. The van der Waals surface area contributed by atoms with Crippen LogP contribution in [-0.4, -0.2) is 16.8 Å². The highest BCUT2D eigenvalue weighted by atomic mass is 35.5. The van der Waals surface area contributed by atoms with Crippen LogP contribution in [0.4, 0.5) is 0 Å². The van der Waals surface area contributed by atoms with Gasteiger partial charge in [-0.25, -0.2) is 0 Å². The van der Waals surface area contributed by atoms with Crippen LogP contribution in [0.25, 0.3) is 0 Å². The number of rotatable bonds is 2. The van der Waals surface area contributed by atoms with Gasteiger partial charge < -0.3 is 4.74 Å². The van der Waals surface area contributed by atoms with Crippen molar-refractivity contribution < 1.29 is 4.74 Å². The zero-order valence-electron chi connectivity index (χ0n) is 9.37. The van der Waals surface area contributed by atoms with Crippen molar-refractivity contribution in [2.24, 2.45) is 0 Å². The molecule has 88 valence electrons. The first-order chi connectivity index (χ1) is 8.33. The molecule has 0 radical (unpaired) electrons. The Morgan fingerprint density at radius 2 is 2.12 bits per heavy atom. The summed E-state index contributed by atoms with van der Waals surface area (Å²) in [6, 6.07) is 7.89. The number of aromatic nitrogens is 2. The number of nitrogens with zero attached hydrogens (tertiary/aromatic N) is 1. The standard InChI is InChI=1S/C13H13ClN2O/c14-10-3-1-9(2-4-10)7-13-11-8-17-6-5-12(11)15-16-13/h1-4H,5-8H2,(H,15,16). The van der Waals surface area contributed by atoms with Crippen LogP contribution in [0.1, 0.15) is 22.5 Å². The maximum Gasteiger partial charge on any atom is 0.0753 e. The number of H-pyrrole nitrogens is 1. The minimum atomic E-state index is 0.675. The van der Waals surface area contributed by atoms with Gasteiger partial charge in [0.25, 0.3) is 0 Å². The molecule has 4 heteroatoms. The predicted molar refractivity (Wildman–Crippen MR) is 66.2 cm³/mol. The maximum absolute atomic E-state index is 5.87. The minimum Gasteiger partial charge on any atom is -0.376 e. The molecule has 0 amide bonds. The molecule has 0 saturated carbocycles. The molecule has 1 N–H and O–H groups in total. The fourth-order valence-corrected chi connectivity index (χ4v) is 2.24. The molecular formula is C13H13ClN2O. The van der Waals surface area contributed by atoms with Gasteiger partial charge in [0.05, 0.1) is 18.9 Å². The number of benzene rings is 1. The number of hydrogen-bond acceptors (Lipinski definition) is 2. The van der Waals surface area contributed by atoms with Gasteiger partial charge in [-0.2, -0.15) is 5.10 Å². The summed E-state index contributed by atoms with van der Waals surface area (Å²) in [6.45, 7) is 1.46. The van der Waals surface area contributed by atoms with Crippen molar-refractivity contribution in [1.82, 2.24) is 10.2 Å². The molecule has 0 fully saturated rings. The van der Waals surface area contributed by atoms with E-state index in [0.29, 0.717) is 6.61 Å². The van der Waals surface area contributed by atoms with E-state index < -0.39 is 0 Å². The summed E-state index contributed by atoms with van der Waals surface area (Å²) in [5.41, 5.74) is 4.75. The molecule has 0 aliphatic carbocycles. The zero-order valence-corrected chi connectivity index (χ0v) is 10.1. The van der Waals surface area contributed by atoms with E-state index in [4.69, 9.17) is 16.3 Å². The van der Waals surface area contributed by atoms with Crippen LogP contribution in [0.5, 0.6) is 0 Å². The highest BCUT2D eigenvalue weighted by Crippen LogP contribution is 2.21. The van der Waals surface area contributed by atoms with Gasteiger partial charge in [0.15, 0.2) is 0 Å². The van der Waals surface area contributed by atoms with Gasteiger partial charge in [0.1, 0.15) is 0 Å². The molecule has 3 rings (SSSR count). The molecule has 3 nitrogen and oxygen atoms in total. The molecular weight excluding hydrogens is 236 g/mol. The SMILES string of the molecule is Clc1ccc(Cc2n[nH]c3c2COCC3)cc1. The lowest BCUT2D eigenvalue weighted by molar-refractivity contribution is 0.109. The molecule has 2 heterocycles. The quantitative estimate of drug-likeness (QED) is 0.888. The summed E-state index contributed by atoms with van der Waals surface area (Å²) >= 11 is 5.87. The van der Waals surface area contributed by atoms with E-state index in [1.807, 2.05) is 24.3 Å². The number of hydrogen-bond donors (Lipinski definition) is 1. The Morgan fingerprint density at radius 1 is 1.29 bits per heavy atom. The topological polar surface area (TPSA) is 37.9 Å². The van der Waals surface area contributed by atoms with Crippen LogP contribution < -0.4 is 0 Å². The lowest BCUT2D eigenvalue weighted by atomic mass is 10.0. The van der Waals surface area contributed by atoms with Gasteiger partial charge in [-0.1, -0.05) is 23.7 Å². The molecule has 1 aliphatic rings. The summed E-state index contributed by atoms with van der Waals surface area (Å²) < 4.78 is 5.47. The molecule has 0 bridgehead atoms. The third kappa shape index (κ3) is 2.21. The number of nitrogens with one attached hydrogen (secondary N) is 1. The van der Waals surface area contributed by atoms with E-state index in [0.717, 1.165) is 30.2 Å². The van der Waals surface area contributed by atoms with Gasteiger partial charge in [0, 0.05) is 29.1 Å². The van der Waals surface area contributed by atoms with Crippen molar-refractivity contribution in [2.45, 2.75) is 19.4 Å². The van der Waals surface area contributed by atoms with Gasteiger partial charge in [0.2, 0.25) is 0 Å². The number of ether oxygens (including phenoxy) is 1. The van der Waals surface area contributed by atoms with Crippen molar-refractivity contribution in [2.75, 3.05) is 6.61 Å². The smallest absolute Gasteiger partial charge is 0.0753 e. The first-order valence-corrected chi connectivity index (χ1v) is 6.08.